The molecule has 0 aliphatic carbocycles. The van der Waals surface area contributed by atoms with Crippen molar-refractivity contribution in [2.45, 2.75) is 276 Å². The molecule has 0 spiro atoms. The van der Waals surface area contributed by atoms with Crippen molar-refractivity contribution in [2.24, 2.45) is 0 Å². The summed E-state index contributed by atoms with van der Waals surface area (Å²) in [5.74, 6) is -0.114. The summed E-state index contributed by atoms with van der Waals surface area (Å²) in [4.78, 5) is 24.4. The summed E-state index contributed by atoms with van der Waals surface area (Å²) in [5, 5.41) is 22.9. The molecule has 0 aliphatic rings. The fourth-order valence-electron chi connectivity index (χ4n) is 7.57. The van der Waals surface area contributed by atoms with Gasteiger partial charge in [0.25, 0.3) is 0 Å². The van der Waals surface area contributed by atoms with E-state index >= 15 is 0 Å². The minimum atomic E-state index is -0.857. The zero-order valence-corrected chi connectivity index (χ0v) is 38.1. The Kier molecular flexibility index (Phi) is 45.7. The first-order valence-corrected chi connectivity index (χ1v) is 25.1. The van der Waals surface area contributed by atoms with Crippen LogP contribution in [0.25, 0.3) is 0 Å². The molecule has 0 aromatic rings. The topological polar surface area (TPSA) is 95.9 Å². The molecule has 3 N–H and O–H groups in total. The zero-order chi connectivity index (χ0) is 41.5. The van der Waals surface area contributed by atoms with Crippen molar-refractivity contribution in [3.63, 3.8) is 0 Å². The number of hydrogen-bond acceptors (Lipinski definition) is 5. The molecule has 2 unspecified atom stereocenters. The maximum absolute atomic E-state index is 12.4. The van der Waals surface area contributed by atoms with Gasteiger partial charge in [-0.2, -0.15) is 0 Å². The van der Waals surface area contributed by atoms with Gasteiger partial charge < -0.3 is 20.3 Å². The second kappa shape index (κ2) is 47.0. The van der Waals surface area contributed by atoms with E-state index in [9.17, 15) is 19.8 Å². The Balaban J connectivity index is 3.47. The van der Waals surface area contributed by atoms with Crippen molar-refractivity contribution in [2.75, 3.05) is 13.2 Å². The van der Waals surface area contributed by atoms with Crippen molar-refractivity contribution < 1.29 is 24.5 Å². The number of nitrogens with one attached hydrogen (secondary N) is 1. The summed E-state index contributed by atoms with van der Waals surface area (Å²) in [6, 6.07) is -0.643. The van der Waals surface area contributed by atoms with Gasteiger partial charge in [-0.15, -0.1) is 0 Å². The first kappa shape index (κ1) is 55.3. The third-order valence-corrected chi connectivity index (χ3v) is 11.5. The lowest BCUT2D eigenvalue weighted by atomic mass is 10.0. The van der Waals surface area contributed by atoms with Crippen LogP contribution in [-0.4, -0.2) is 47.4 Å². The van der Waals surface area contributed by atoms with E-state index in [1.165, 1.54) is 180 Å². The highest BCUT2D eigenvalue weighted by molar-refractivity contribution is 5.76. The van der Waals surface area contributed by atoms with Crippen LogP contribution in [0.2, 0.25) is 0 Å². The molecule has 0 saturated carbocycles. The molecule has 0 saturated heterocycles. The number of amides is 1. The summed E-state index contributed by atoms with van der Waals surface area (Å²) in [7, 11) is 0. The molecule has 0 rings (SSSR count). The largest absolute Gasteiger partial charge is 0.466 e. The number of hydrogen-bond donors (Lipinski definition) is 3. The summed E-state index contributed by atoms with van der Waals surface area (Å²) in [5.41, 5.74) is 0. The SMILES string of the molecule is CCCCCCCC/C=C\CCCCCCCCCCCC(=O)OCCCCCCCCCCCCC(=O)NC(CO)C(O)/C=C/CCCCCCCCCCC. The molecule has 336 valence electrons. The standard InChI is InChI=1S/C51H97NO5/c1-3-5-7-9-11-13-15-16-17-18-19-20-21-22-24-29-33-37-41-45-51(56)57-46-42-38-34-30-26-25-28-32-36-40-44-50(55)52-48(47-53)49(54)43-39-35-31-27-23-14-12-10-8-6-4-2/h16-17,39,43,48-49,53-54H,3-15,18-38,40-42,44-47H2,1-2H3,(H,52,55)/b17-16-,43-39+. The van der Waals surface area contributed by atoms with E-state index in [1.807, 2.05) is 6.08 Å². The van der Waals surface area contributed by atoms with Crippen molar-refractivity contribution >= 4 is 11.9 Å². The molecule has 0 fully saturated rings. The second-order valence-corrected chi connectivity index (χ2v) is 17.1. The van der Waals surface area contributed by atoms with E-state index in [0.717, 1.165) is 57.8 Å². The highest BCUT2D eigenvalue weighted by Gasteiger charge is 2.18. The van der Waals surface area contributed by atoms with Crippen LogP contribution in [0.5, 0.6) is 0 Å². The molecule has 0 aromatic carbocycles. The van der Waals surface area contributed by atoms with E-state index in [-0.39, 0.29) is 18.5 Å². The molecule has 0 heterocycles. The van der Waals surface area contributed by atoms with E-state index < -0.39 is 12.1 Å². The average molecular weight is 804 g/mol. The van der Waals surface area contributed by atoms with E-state index in [2.05, 4.69) is 31.3 Å². The minimum absolute atomic E-state index is 0.0220. The fourth-order valence-corrected chi connectivity index (χ4v) is 7.57. The Hall–Kier alpha value is -1.66. The maximum atomic E-state index is 12.4. The first-order chi connectivity index (χ1) is 28.0. The number of rotatable bonds is 46. The number of aliphatic hydroxyl groups excluding tert-OH is 2. The molecule has 2 atom stereocenters. The molecular formula is C51H97NO5. The Labute approximate surface area is 354 Å². The lowest BCUT2D eigenvalue weighted by molar-refractivity contribution is -0.143. The maximum Gasteiger partial charge on any atom is 0.305 e. The third kappa shape index (κ3) is 43.7. The first-order valence-electron chi connectivity index (χ1n) is 25.1. The van der Waals surface area contributed by atoms with Gasteiger partial charge in [-0.1, -0.05) is 218 Å². The Morgan fingerprint density at radius 2 is 0.825 bits per heavy atom. The lowest BCUT2D eigenvalue weighted by Gasteiger charge is -2.20. The summed E-state index contributed by atoms with van der Waals surface area (Å²) < 4.78 is 5.46. The van der Waals surface area contributed by atoms with Crippen LogP contribution in [0.3, 0.4) is 0 Å². The van der Waals surface area contributed by atoms with Crippen LogP contribution in [0.1, 0.15) is 264 Å². The molecule has 0 aromatic heterocycles. The molecule has 0 radical (unpaired) electrons. The number of ether oxygens (including phenoxy) is 1. The van der Waals surface area contributed by atoms with Gasteiger partial charge in [-0.25, -0.2) is 0 Å². The fraction of sp³-hybridized carbons (Fsp3) is 0.882. The predicted octanol–water partition coefficient (Wildman–Crippen LogP) is 14.7. The normalized spacial score (nSPS) is 12.8. The summed E-state index contributed by atoms with van der Waals surface area (Å²) in [6.45, 7) is 4.83. The Morgan fingerprint density at radius 1 is 0.474 bits per heavy atom. The van der Waals surface area contributed by atoms with Crippen LogP contribution < -0.4 is 5.32 Å². The highest BCUT2D eigenvalue weighted by Crippen LogP contribution is 2.15. The van der Waals surface area contributed by atoms with Gasteiger partial charge in [0.05, 0.1) is 25.4 Å². The molecule has 6 nitrogen and oxygen atoms in total. The van der Waals surface area contributed by atoms with Gasteiger partial charge in [-0.3, -0.25) is 9.59 Å². The summed E-state index contributed by atoms with van der Waals surface area (Å²) >= 11 is 0. The average Bonchev–Trinajstić information content (AvgIpc) is 3.21. The van der Waals surface area contributed by atoms with Crippen molar-refractivity contribution in [3.8, 4) is 0 Å². The second-order valence-electron chi connectivity index (χ2n) is 17.1. The predicted molar refractivity (Wildman–Crippen MR) is 246 cm³/mol. The number of carbonyl (C=O) groups excluding carboxylic acids is 2. The summed E-state index contributed by atoms with van der Waals surface area (Å²) in [6.07, 6.45) is 54.6. The van der Waals surface area contributed by atoms with Gasteiger partial charge in [0.1, 0.15) is 0 Å². The molecule has 6 heteroatoms. The van der Waals surface area contributed by atoms with Crippen molar-refractivity contribution in [1.82, 2.24) is 5.32 Å². The Morgan fingerprint density at radius 3 is 1.25 bits per heavy atom. The van der Waals surface area contributed by atoms with Crippen LogP contribution in [0.4, 0.5) is 0 Å². The third-order valence-electron chi connectivity index (χ3n) is 11.5. The number of allylic oxidation sites excluding steroid dienone is 3. The monoisotopic (exact) mass is 804 g/mol. The van der Waals surface area contributed by atoms with Gasteiger partial charge in [-0.05, 0) is 57.8 Å². The van der Waals surface area contributed by atoms with Crippen LogP contribution >= 0.6 is 0 Å². The highest BCUT2D eigenvalue weighted by atomic mass is 16.5. The van der Waals surface area contributed by atoms with Crippen LogP contribution in [0.15, 0.2) is 24.3 Å². The number of esters is 1. The molecule has 1 amide bonds. The van der Waals surface area contributed by atoms with Crippen LogP contribution in [0, 0.1) is 0 Å². The van der Waals surface area contributed by atoms with Gasteiger partial charge in [0.15, 0.2) is 0 Å². The quantitative estimate of drug-likeness (QED) is 0.0324. The molecule has 0 aliphatic heterocycles. The van der Waals surface area contributed by atoms with Gasteiger partial charge in [0, 0.05) is 12.8 Å². The number of carbonyl (C=O) groups is 2. The molecule has 0 bridgehead atoms. The van der Waals surface area contributed by atoms with Gasteiger partial charge >= 0.3 is 5.97 Å². The molecule has 57 heavy (non-hydrogen) atoms. The van der Waals surface area contributed by atoms with E-state index in [4.69, 9.17) is 4.74 Å². The van der Waals surface area contributed by atoms with Crippen molar-refractivity contribution in [1.29, 1.82) is 0 Å². The Bertz CT molecular complexity index is 889. The molecular weight excluding hydrogens is 707 g/mol. The lowest BCUT2D eigenvalue weighted by Crippen LogP contribution is -2.45. The van der Waals surface area contributed by atoms with Crippen molar-refractivity contribution in [3.05, 3.63) is 24.3 Å². The van der Waals surface area contributed by atoms with Gasteiger partial charge in [0.2, 0.25) is 5.91 Å². The number of aliphatic hydroxyl groups is 2. The van der Waals surface area contributed by atoms with Crippen LogP contribution in [-0.2, 0) is 14.3 Å². The van der Waals surface area contributed by atoms with E-state index in [0.29, 0.717) is 19.4 Å². The minimum Gasteiger partial charge on any atom is -0.466 e. The zero-order valence-electron chi connectivity index (χ0n) is 38.1. The number of unbranched alkanes of at least 4 members (excludes halogenated alkanes) is 33. The van der Waals surface area contributed by atoms with E-state index in [1.54, 1.807) is 6.08 Å². The smallest absolute Gasteiger partial charge is 0.305 e.